The molecule has 0 unspecified atom stereocenters. The van der Waals surface area contributed by atoms with Gasteiger partial charge in [0.25, 0.3) is 0 Å². The van der Waals surface area contributed by atoms with Crippen molar-refractivity contribution in [1.29, 1.82) is 0 Å². The molecule has 0 atom stereocenters. The van der Waals surface area contributed by atoms with Crippen LogP contribution in [0.1, 0.15) is 6.42 Å². The molecule has 0 saturated heterocycles. The minimum atomic E-state index is -3.20. The number of hydrogen-bond donors (Lipinski definition) is 1. The fraction of sp³-hybridized carbons (Fsp3) is 0.385. The van der Waals surface area contributed by atoms with Gasteiger partial charge < -0.3 is 9.88 Å². The average Bonchev–Trinajstić information content (AvgIpc) is 2.69. The van der Waals surface area contributed by atoms with E-state index in [-0.39, 0.29) is 5.75 Å². The molecule has 1 heterocycles. The van der Waals surface area contributed by atoms with Crippen LogP contribution in [-0.4, -0.2) is 32.3 Å². The molecule has 0 saturated carbocycles. The molecule has 0 radical (unpaired) electrons. The van der Waals surface area contributed by atoms with E-state index >= 15 is 0 Å². The third-order valence-corrected chi connectivity index (χ3v) is 4.86. The largest absolute Gasteiger partial charge is 0.349 e. The number of benzene rings is 1. The Hall–Kier alpha value is -1.33. The summed E-state index contributed by atoms with van der Waals surface area (Å²) in [5, 5.41) is 3.77. The summed E-state index contributed by atoms with van der Waals surface area (Å²) < 4.78 is 26.4. The zero-order valence-corrected chi connectivity index (χ0v) is 11.5. The van der Waals surface area contributed by atoms with Gasteiger partial charge >= 0.3 is 0 Å². The number of aromatic nitrogens is 1. The molecular weight excluding hydrogens is 248 g/mol. The van der Waals surface area contributed by atoms with E-state index in [1.165, 1.54) is 0 Å². The van der Waals surface area contributed by atoms with E-state index in [0.717, 1.165) is 10.9 Å². The van der Waals surface area contributed by atoms with Gasteiger partial charge in [-0.3, -0.25) is 0 Å². The maximum atomic E-state index is 12.3. The molecule has 0 aliphatic carbocycles. The van der Waals surface area contributed by atoms with Gasteiger partial charge in [-0.2, -0.15) is 0 Å². The van der Waals surface area contributed by atoms with Crippen molar-refractivity contribution in [2.24, 2.45) is 7.05 Å². The van der Waals surface area contributed by atoms with Crippen molar-refractivity contribution in [3.05, 3.63) is 30.5 Å². The van der Waals surface area contributed by atoms with E-state index in [1.807, 2.05) is 42.9 Å². The lowest BCUT2D eigenvalue weighted by Crippen LogP contribution is -2.14. The third kappa shape index (κ3) is 2.42. The van der Waals surface area contributed by atoms with Gasteiger partial charge in [0.05, 0.1) is 10.6 Å². The van der Waals surface area contributed by atoms with Crippen LogP contribution in [0.15, 0.2) is 35.4 Å². The Bertz CT molecular complexity index is 644. The SMILES string of the molecule is CNCCCS(=O)(=O)c1cn(C)c2ccccc12. The summed E-state index contributed by atoms with van der Waals surface area (Å²) in [4.78, 5) is 0.441. The van der Waals surface area contributed by atoms with E-state index in [0.29, 0.717) is 17.9 Å². The van der Waals surface area contributed by atoms with Crippen LogP contribution in [0.3, 0.4) is 0 Å². The minimum Gasteiger partial charge on any atom is -0.349 e. The lowest BCUT2D eigenvalue weighted by molar-refractivity contribution is 0.592. The second-order valence-electron chi connectivity index (χ2n) is 4.40. The highest BCUT2D eigenvalue weighted by molar-refractivity contribution is 7.91. The van der Waals surface area contributed by atoms with E-state index in [2.05, 4.69) is 5.32 Å². The molecule has 98 valence electrons. The van der Waals surface area contributed by atoms with Crippen LogP contribution in [0.25, 0.3) is 10.9 Å². The summed E-state index contributed by atoms with van der Waals surface area (Å²) in [5.74, 6) is 0.182. The monoisotopic (exact) mass is 266 g/mol. The molecule has 5 heteroatoms. The lowest BCUT2D eigenvalue weighted by Gasteiger charge is -2.02. The smallest absolute Gasteiger partial charge is 0.180 e. The first kappa shape index (κ1) is 13.1. The number of para-hydroxylation sites is 1. The number of rotatable bonds is 5. The summed E-state index contributed by atoms with van der Waals surface area (Å²) in [7, 11) is 0.495. The zero-order chi connectivity index (χ0) is 13.2. The zero-order valence-electron chi connectivity index (χ0n) is 10.7. The van der Waals surface area contributed by atoms with Gasteiger partial charge in [0.1, 0.15) is 0 Å². The lowest BCUT2D eigenvalue weighted by atomic mass is 10.2. The van der Waals surface area contributed by atoms with Gasteiger partial charge in [-0.15, -0.1) is 0 Å². The maximum absolute atomic E-state index is 12.3. The summed E-state index contributed by atoms with van der Waals surface area (Å²) in [6.07, 6.45) is 2.33. The molecule has 0 bridgehead atoms. The van der Waals surface area contributed by atoms with E-state index in [9.17, 15) is 8.42 Å². The molecule has 2 rings (SSSR count). The molecule has 0 fully saturated rings. The Morgan fingerprint density at radius 1 is 1.28 bits per heavy atom. The summed E-state index contributed by atoms with van der Waals surface area (Å²) in [6.45, 7) is 0.712. The summed E-state index contributed by atoms with van der Waals surface area (Å²) >= 11 is 0. The molecule has 0 aliphatic heterocycles. The molecular formula is C13H18N2O2S. The second kappa shape index (κ2) is 5.12. The molecule has 18 heavy (non-hydrogen) atoms. The summed E-state index contributed by atoms with van der Waals surface area (Å²) in [6, 6.07) is 7.58. The quantitative estimate of drug-likeness (QED) is 0.836. The number of nitrogens with one attached hydrogen (secondary N) is 1. The van der Waals surface area contributed by atoms with Gasteiger partial charge in [-0.1, -0.05) is 18.2 Å². The Kier molecular flexibility index (Phi) is 3.73. The van der Waals surface area contributed by atoms with Gasteiger partial charge in [-0.25, -0.2) is 8.42 Å². The first-order chi connectivity index (χ1) is 8.56. The molecule has 0 aliphatic rings. The van der Waals surface area contributed by atoms with Crippen LogP contribution in [-0.2, 0) is 16.9 Å². The van der Waals surface area contributed by atoms with Crippen LogP contribution in [0.4, 0.5) is 0 Å². The molecule has 1 aromatic carbocycles. The van der Waals surface area contributed by atoms with E-state index < -0.39 is 9.84 Å². The Labute approximate surface area is 108 Å². The normalized spacial score (nSPS) is 12.1. The fourth-order valence-electron chi connectivity index (χ4n) is 2.10. The Morgan fingerprint density at radius 3 is 2.72 bits per heavy atom. The van der Waals surface area contributed by atoms with Crippen LogP contribution in [0.2, 0.25) is 0 Å². The van der Waals surface area contributed by atoms with Crippen LogP contribution in [0.5, 0.6) is 0 Å². The number of hydrogen-bond acceptors (Lipinski definition) is 3. The molecule has 0 amide bonds. The van der Waals surface area contributed by atoms with Crippen molar-refractivity contribution < 1.29 is 8.42 Å². The van der Waals surface area contributed by atoms with Crippen molar-refractivity contribution in [2.45, 2.75) is 11.3 Å². The standard InChI is InChI=1S/C13H18N2O2S/c1-14-8-5-9-18(16,17)13-10-15(2)12-7-4-3-6-11(12)13/h3-4,6-7,10,14H,5,8-9H2,1-2H3. The number of fused-ring (bicyclic) bond motifs is 1. The first-order valence-corrected chi connectivity index (χ1v) is 7.63. The van der Waals surface area contributed by atoms with Crippen molar-refractivity contribution in [2.75, 3.05) is 19.3 Å². The maximum Gasteiger partial charge on any atom is 0.180 e. The van der Waals surface area contributed by atoms with E-state index in [4.69, 9.17) is 0 Å². The third-order valence-electron chi connectivity index (χ3n) is 3.04. The molecule has 1 N–H and O–H groups in total. The van der Waals surface area contributed by atoms with Gasteiger partial charge in [-0.05, 0) is 26.1 Å². The predicted octanol–water partition coefficient (Wildman–Crippen LogP) is 1.56. The highest BCUT2D eigenvalue weighted by Crippen LogP contribution is 2.25. The molecule has 2 aromatic rings. The predicted molar refractivity (Wildman–Crippen MR) is 73.5 cm³/mol. The minimum absolute atomic E-state index is 0.182. The van der Waals surface area contributed by atoms with Gasteiger partial charge in [0, 0.05) is 24.1 Å². The van der Waals surface area contributed by atoms with E-state index in [1.54, 1.807) is 6.20 Å². The molecule has 0 spiro atoms. The van der Waals surface area contributed by atoms with Crippen LogP contribution in [0, 0.1) is 0 Å². The molecule has 4 nitrogen and oxygen atoms in total. The highest BCUT2D eigenvalue weighted by atomic mass is 32.2. The van der Waals surface area contributed by atoms with Gasteiger partial charge in [0.15, 0.2) is 9.84 Å². The van der Waals surface area contributed by atoms with Crippen LogP contribution < -0.4 is 5.32 Å². The Morgan fingerprint density at radius 2 is 2.00 bits per heavy atom. The van der Waals surface area contributed by atoms with Crippen molar-refractivity contribution >= 4 is 20.7 Å². The number of sulfone groups is 1. The van der Waals surface area contributed by atoms with Crippen molar-refractivity contribution in [1.82, 2.24) is 9.88 Å². The van der Waals surface area contributed by atoms with Gasteiger partial charge in [0.2, 0.25) is 0 Å². The second-order valence-corrected chi connectivity index (χ2v) is 6.47. The highest BCUT2D eigenvalue weighted by Gasteiger charge is 2.19. The number of nitrogens with zero attached hydrogens (tertiary/aromatic N) is 1. The Balaban J connectivity index is 2.41. The van der Waals surface area contributed by atoms with Crippen molar-refractivity contribution in [3.8, 4) is 0 Å². The first-order valence-electron chi connectivity index (χ1n) is 5.97. The van der Waals surface area contributed by atoms with Crippen LogP contribution >= 0.6 is 0 Å². The summed E-state index contributed by atoms with van der Waals surface area (Å²) in [5.41, 5.74) is 0.949. The topological polar surface area (TPSA) is 51.1 Å². The van der Waals surface area contributed by atoms with Crippen molar-refractivity contribution in [3.63, 3.8) is 0 Å². The fourth-order valence-corrected chi connectivity index (χ4v) is 3.67. The average molecular weight is 266 g/mol. The number of aryl methyl sites for hydroxylation is 1. The molecule has 1 aromatic heterocycles.